The molecule has 0 heterocycles. The van der Waals surface area contributed by atoms with Gasteiger partial charge in [-0.2, -0.15) is 0 Å². The number of hydrogen-bond donors (Lipinski definition) is 3. The number of rotatable bonds is 15. The molecular formula is C31H46N2O5. The summed E-state index contributed by atoms with van der Waals surface area (Å²) in [5, 5.41) is 15.8. The maximum Gasteiger partial charge on any atom is 0.309 e. The lowest BCUT2D eigenvalue weighted by Gasteiger charge is -2.33. The van der Waals surface area contributed by atoms with Gasteiger partial charge in [0.2, 0.25) is 11.8 Å². The summed E-state index contributed by atoms with van der Waals surface area (Å²) < 4.78 is 5.73. The molecule has 3 atom stereocenters. The number of aliphatic hydroxyl groups excluding tert-OH is 1. The topological polar surface area (TPSA) is 105 Å². The number of hydrogen-bond acceptors (Lipinski definition) is 5. The number of esters is 1. The second-order valence-corrected chi connectivity index (χ2v) is 11.6. The second-order valence-electron chi connectivity index (χ2n) is 11.6. The molecule has 210 valence electrons. The van der Waals surface area contributed by atoms with Crippen LogP contribution >= 0.6 is 0 Å². The van der Waals surface area contributed by atoms with E-state index < -0.39 is 22.9 Å². The van der Waals surface area contributed by atoms with E-state index in [2.05, 4.69) is 23.8 Å². The molecule has 0 bridgehead atoms. The summed E-state index contributed by atoms with van der Waals surface area (Å²) in [6, 6.07) is 9.32. The zero-order chi connectivity index (χ0) is 28.2. The van der Waals surface area contributed by atoms with Crippen LogP contribution in [0.25, 0.3) is 0 Å². The Hall–Kier alpha value is -2.93. The average Bonchev–Trinajstić information content (AvgIpc) is 3.34. The van der Waals surface area contributed by atoms with Crippen LogP contribution in [0, 0.1) is 17.3 Å². The summed E-state index contributed by atoms with van der Waals surface area (Å²) in [6.45, 7) is 13.4. The summed E-state index contributed by atoms with van der Waals surface area (Å²) >= 11 is 0. The Balaban J connectivity index is 2.02. The van der Waals surface area contributed by atoms with Crippen molar-refractivity contribution in [2.45, 2.75) is 83.7 Å². The Bertz CT molecular complexity index is 931. The van der Waals surface area contributed by atoms with Crippen LogP contribution in [-0.4, -0.2) is 47.7 Å². The van der Waals surface area contributed by atoms with Gasteiger partial charge in [0.25, 0.3) is 0 Å². The van der Waals surface area contributed by atoms with Crippen LogP contribution in [0.2, 0.25) is 0 Å². The first-order chi connectivity index (χ1) is 18.0. The summed E-state index contributed by atoms with van der Waals surface area (Å²) in [6.07, 6.45) is 8.11. The van der Waals surface area contributed by atoms with Gasteiger partial charge in [-0.15, -0.1) is 13.2 Å². The van der Waals surface area contributed by atoms with E-state index in [1.54, 1.807) is 12.2 Å². The number of carbonyl (C=O) groups excluding carboxylic acids is 3. The molecule has 7 heteroatoms. The number of aliphatic hydroxyl groups is 1. The fourth-order valence-electron chi connectivity index (χ4n) is 4.87. The third kappa shape index (κ3) is 9.75. The van der Waals surface area contributed by atoms with Crippen LogP contribution in [0.3, 0.4) is 0 Å². The molecule has 0 unspecified atom stereocenters. The van der Waals surface area contributed by atoms with Crippen molar-refractivity contribution in [3.8, 4) is 0 Å². The number of benzene rings is 1. The zero-order valence-electron chi connectivity index (χ0n) is 23.3. The van der Waals surface area contributed by atoms with Crippen LogP contribution in [-0.2, 0) is 25.5 Å². The molecule has 0 spiro atoms. The molecule has 0 aliphatic heterocycles. The number of ether oxygens (including phenoxy) is 1. The summed E-state index contributed by atoms with van der Waals surface area (Å²) in [7, 11) is 0. The van der Waals surface area contributed by atoms with Crippen molar-refractivity contribution in [3.63, 3.8) is 0 Å². The van der Waals surface area contributed by atoms with Crippen molar-refractivity contribution in [1.82, 2.24) is 10.6 Å². The molecule has 1 saturated carbocycles. The minimum Gasteiger partial charge on any atom is -0.463 e. The molecule has 1 aromatic rings. The Morgan fingerprint density at radius 2 is 1.66 bits per heavy atom. The van der Waals surface area contributed by atoms with Crippen LogP contribution in [0.4, 0.5) is 0 Å². The van der Waals surface area contributed by atoms with Crippen molar-refractivity contribution in [2.75, 3.05) is 13.2 Å². The lowest BCUT2D eigenvalue weighted by atomic mass is 9.86. The first-order valence-electron chi connectivity index (χ1n) is 13.7. The number of amides is 2. The lowest BCUT2D eigenvalue weighted by Crippen LogP contribution is -2.52. The van der Waals surface area contributed by atoms with Gasteiger partial charge in [0.05, 0.1) is 30.0 Å². The van der Waals surface area contributed by atoms with Crippen molar-refractivity contribution in [1.29, 1.82) is 0 Å². The highest BCUT2D eigenvalue weighted by Crippen LogP contribution is 2.29. The van der Waals surface area contributed by atoms with Gasteiger partial charge in [-0.05, 0) is 43.1 Å². The third-order valence-electron chi connectivity index (χ3n) is 7.39. The van der Waals surface area contributed by atoms with E-state index in [1.165, 1.54) is 0 Å². The van der Waals surface area contributed by atoms with E-state index in [4.69, 9.17) is 4.74 Å². The van der Waals surface area contributed by atoms with Crippen LogP contribution in [0.1, 0.15) is 71.3 Å². The molecule has 2 amide bonds. The SMILES string of the molecule is C=CC[C@@H](CC(=O)NC1(CO)CCCC1)C(=O)N[C@H](COC(=O)[C@@H](CC=C)Cc1ccccc1)C(C)(C)C. The van der Waals surface area contributed by atoms with E-state index in [9.17, 15) is 19.5 Å². The molecule has 0 radical (unpaired) electrons. The monoisotopic (exact) mass is 526 g/mol. The number of allylic oxidation sites excluding steroid dienone is 2. The number of carbonyl (C=O) groups is 3. The Morgan fingerprint density at radius 3 is 2.21 bits per heavy atom. The Morgan fingerprint density at radius 1 is 1.05 bits per heavy atom. The van der Waals surface area contributed by atoms with Crippen LogP contribution in [0.5, 0.6) is 0 Å². The predicted octanol–water partition coefficient (Wildman–Crippen LogP) is 4.50. The van der Waals surface area contributed by atoms with Gasteiger partial charge in [0, 0.05) is 6.42 Å². The van der Waals surface area contributed by atoms with E-state index in [0.717, 1.165) is 31.2 Å². The average molecular weight is 527 g/mol. The van der Waals surface area contributed by atoms with Gasteiger partial charge in [-0.3, -0.25) is 14.4 Å². The molecule has 1 aliphatic rings. The van der Waals surface area contributed by atoms with E-state index >= 15 is 0 Å². The molecule has 0 saturated heterocycles. The normalized spacial score (nSPS) is 17.1. The van der Waals surface area contributed by atoms with E-state index in [1.807, 2.05) is 51.1 Å². The highest BCUT2D eigenvalue weighted by atomic mass is 16.5. The first-order valence-corrected chi connectivity index (χ1v) is 13.7. The minimum absolute atomic E-state index is 0.00522. The molecule has 7 nitrogen and oxygen atoms in total. The maximum atomic E-state index is 13.3. The standard InChI is InChI=1S/C31H46N2O5/c1-6-13-24(20-27(35)33-31(22-34)17-11-12-18-31)28(36)32-26(30(3,4)5)21-38-29(37)25(14-7-2)19-23-15-9-8-10-16-23/h6-10,15-16,24-26,34H,1-2,11-14,17-22H2,3-5H3,(H,32,36)(H,33,35)/t24-,25-,26+/m0/s1. The molecule has 1 fully saturated rings. The molecule has 0 aromatic heterocycles. The zero-order valence-corrected chi connectivity index (χ0v) is 23.3. The maximum absolute atomic E-state index is 13.3. The van der Waals surface area contributed by atoms with Gasteiger partial charge in [0.15, 0.2) is 0 Å². The van der Waals surface area contributed by atoms with Crippen molar-refractivity contribution >= 4 is 17.8 Å². The minimum atomic E-state index is -0.614. The molecule has 2 rings (SSSR count). The summed E-state index contributed by atoms with van der Waals surface area (Å²) in [4.78, 5) is 39.1. The highest BCUT2D eigenvalue weighted by molar-refractivity contribution is 5.86. The Kier molecular flexibility index (Phi) is 12.2. The van der Waals surface area contributed by atoms with E-state index in [0.29, 0.717) is 19.3 Å². The molecule has 1 aliphatic carbocycles. The van der Waals surface area contributed by atoms with E-state index in [-0.39, 0.29) is 43.3 Å². The van der Waals surface area contributed by atoms with Gasteiger partial charge in [-0.25, -0.2) is 0 Å². The number of nitrogens with one attached hydrogen (secondary N) is 2. The highest BCUT2D eigenvalue weighted by Gasteiger charge is 2.36. The van der Waals surface area contributed by atoms with Gasteiger partial charge < -0.3 is 20.5 Å². The quantitative estimate of drug-likeness (QED) is 0.231. The first kappa shape index (κ1) is 31.3. The summed E-state index contributed by atoms with van der Waals surface area (Å²) in [5.74, 6) is -1.85. The Labute approximate surface area is 228 Å². The van der Waals surface area contributed by atoms with Crippen molar-refractivity contribution in [2.24, 2.45) is 17.3 Å². The second kappa shape index (κ2) is 14.9. The molecule has 1 aromatic carbocycles. The molecule has 38 heavy (non-hydrogen) atoms. The lowest BCUT2D eigenvalue weighted by molar-refractivity contribution is -0.150. The molecule has 3 N–H and O–H groups in total. The molecular weight excluding hydrogens is 480 g/mol. The fourth-order valence-corrected chi connectivity index (χ4v) is 4.87. The summed E-state index contributed by atoms with van der Waals surface area (Å²) in [5.41, 5.74) is 0.0636. The van der Waals surface area contributed by atoms with Crippen LogP contribution < -0.4 is 10.6 Å². The third-order valence-corrected chi connectivity index (χ3v) is 7.39. The van der Waals surface area contributed by atoms with Crippen molar-refractivity contribution in [3.05, 3.63) is 61.2 Å². The predicted molar refractivity (Wildman–Crippen MR) is 150 cm³/mol. The van der Waals surface area contributed by atoms with Crippen molar-refractivity contribution < 1.29 is 24.2 Å². The van der Waals surface area contributed by atoms with Gasteiger partial charge in [0.1, 0.15) is 6.61 Å². The van der Waals surface area contributed by atoms with Gasteiger partial charge in [-0.1, -0.05) is 76.1 Å². The van der Waals surface area contributed by atoms with Gasteiger partial charge >= 0.3 is 5.97 Å². The smallest absolute Gasteiger partial charge is 0.309 e. The fraction of sp³-hybridized carbons (Fsp3) is 0.581. The largest absolute Gasteiger partial charge is 0.463 e. The van der Waals surface area contributed by atoms with Crippen LogP contribution in [0.15, 0.2) is 55.6 Å².